The molecule has 0 fully saturated rings. The summed E-state index contributed by atoms with van der Waals surface area (Å²) in [6, 6.07) is 1.78. The average Bonchev–Trinajstić information content (AvgIpc) is 2.16. The van der Waals surface area contributed by atoms with E-state index in [9.17, 15) is 26.6 Å². The minimum atomic E-state index is -5.16. The zero-order valence-corrected chi connectivity index (χ0v) is 11.9. The number of benzene rings is 1. The van der Waals surface area contributed by atoms with Gasteiger partial charge in [0, 0.05) is 0 Å². The maximum absolute atomic E-state index is 11.0. The van der Waals surface area contributed by atoms with Gasteiger partial charge in [0.25, 0.3) is 10.1 Å². The molecule has 17 heavy (non-hydrogen) atoms. The topological polar surface area (TPSA) is 144 Å². The van der Waals surface area contributed by atoms with Crippen LogP contribution in [0.1, 0.15) is 0 Å². The van der Waals surface area contributed by atoms with Gasteiger partial charge in [-0.15, -0.1) is 0 Å². The van der Waals surface area contributed by atoms with Crippen molar-refractivity contribution in [3.8, 4) is 5.75 Å². The molecule has 0 amide bonds. The molecule has 0 radical (unpaired) electrons. The smallest absolute Gasteiger partial charge is 0.744 e. The molecule has 1 rings (SSSR count). The third kappa shape index (κ3) is 4.03. The molecule has 0 saturated heterocycles. The van der Waals surface area contributed by atoms with Crippen LogP contribution in [0.5, 0.6) is 5.75 Å². The van der Waals surface area contributed by atoms with Crippen LogP contribution in [-0.4, -0.2) is 64.2 Å². The van der Waals surface area contributed by atoms with E-state index in [1.165, 1.54) is 0 Å². The van der Waals surface area contributed by atoms with Gasteiger partial charge in [0.2, 0.25) is 0 Å². The summed E-state index contributed by atoms with van der Waals surface area (Å²) in [6.45, 7) is 0. The molecule has 0 aliphatic heterocycles. The van der Waals surface area contributed by atoms with Crippen LogP contribution in [0.15, 0.2) is 28.0 Å². The number of phenols is 1. The minimum absolute atomic E-state index is 0. The third-order valence-corrected chi connectivity index (χ3v) is 3.64. The fourth-order valence-corrected chi connectivity index (χ4v) is 2.74. The van der Waals surface area contributed by atoms with E-state index in [1.807, 2.05) is 0 Å². The SMILES string of the molecule is O=S(=O)([O-])c1cc(O)ccc1S(=O)(=O)O[O-].[Ca+2]. The van der Waals surface area contributed by atoms with Crippen LogP contribution in [0.3, 0.4) is 0 Å². The predicted molar refractivity (Wildman–Crippen MR) is 50.1 cm³/mol. The van der Waals surface area contributed by atoms with E-state index in [1.54, 1.807) is 0 Å². The van der Waals surface area contributed by atoms with Crippen LogP contribution in [0.25, 0.3) is 0 Å². The largest absolute Gasteiger partial charge is 2.00 e. The van der Waals surface area contributed by atoms with Gasteiger partial charge in [-0.1, -0.05) is 0 Å². The van der Waals surface area contributed by atoms with E-state index in [0.717, 1.165) is 6.07 Å². The summed E-state index contributed by atoms with van der Waals surface area (Å²) in [4.78, 5) is -2.36. The fraction of sp³-hybridized carbons (Fsp3) is 0. The Morgan fingerprint density at radius 3 is 2.06 bits per heavy atom. The van der Waals surface area contributed by atoms with Crippen molar-refractivity contribution < 1.29 is 36.1 Å². The van der Waals surface area contributed by atoms with Crippen LogP contribution in [0.4, 0.5) is 0 Å². The number of hydrogen-bond donors (Lipinski definition) is 1. The summed E-state index contributed by atoms with van der Waals surface area (Å²) in [5.74, 6) is -0.640. The monoisotopic (exact) mass is 308 g/mol. The van der Waals surface area contributed by atoms with Crippen LogP contribution in [0.2, 0.25) is 0 Å². The molecule has 0 saturated carbocycles. The van der Waals surface area contributed by atoms with Gasteiger partial charge in [-0.25, -0.2) is 8.42 Å². The number of phenolic OH excluding ortho intramolecular Hbond substituents is 1. The molecular formula is C6H4CaO8S2. The van der Waals surface area contributed by atoms with Gasteiger partial charge in [-0.2, -0.15) is 8.42 Å². The fourth-order valence-electron chi connectivity index (χ4n) is 0.935. The molecule has 0 spiro atoms. The normalized spacial score (nSPS) is 11.9. The van der Waals surface area contributed by atoms with Gasteiger partial charge in [0.15, 0.2) is 0 Å². The van der Waals surface area contributed by atoms with Gasteiger partial charge < -0.3 is 19.3 Å². The zero-order valence-electron chi connectivity index (χ0n) is 8.06. The van der Waals surface area contributed by atoms with Crippen molar-refractivity contribution in [2.24, 2.45) is 0 Å². The van der Waals surface area contributed by atoms with Gasteiger partial charge in [-0.05, 0) is 18.2 Å². The van der Waals surface area contributed by atoms with E-state index in [-0.39, 0.29) is 37.7 Å². The molecule has 0 unspecified atom stereocenters. The number of rotatable bonds is 3. The molecule has 1 aromatic carbocycles. The second-order valence-corrected chi connectivity index (χ2v) is 5.44. The summed E-state index contributed by atoms with van der Waals surface area (Å²) >= 11 is 0. The summed E-state index contributed by atoms with van der Waals surface area (Å²) in [5.41, 5.74) is 0. The van der Waals surface area contributed by atoms with Gasteiger partial charge in [0.05, 0.1) is 4.90 Å². The molecule has 90 valence electrons. The van der Waals surface area contributed by atoms with Crippen molar-refractivity contribution >= 4 is 58.0 Å². The molecule has 0 aliphatic rings. The first kappa shape index (κ1) is 17.1. The molecule has 1 aromatic rings. The summed E-state index contributed by atoms with van der Waals surface area (Å²) in [5, 5.41) is 18.8. The Kier molecular flexibility index (Phi) is 5.82. The van der Waals surface area contributed by atoms with Crippen LogP contribution >= 0.6 is 0 Å². The van der Waals surface area contributed by atoms with Crippen molar-refractivity contribution in [1.29, 1.82) is 0 Å². The molecule has 0 heterocycles. The zero-order chi connectivity index (χ0) is 12.6. The maximum Gasteiger partial charge on any atom is 2.00 e. The standard InChI is InChI=1S/C6H6O8S2.Ca/c7-4-1-2-5(16(12,13)14-8)6(3-4)15(9,10)11;/h1-3,7-8H,(H,9,10,11);/q;+2/p-2. The first-order valence-electron chi connectivity index (χ1n) is 3.54. The van der Waals surface area contributed by atoms with Gasteiger partial charge >= 0.3 is 37.7 Å². The second kappa shape index (κ2) is 5.80. The minimum Gasteiger partial charge on any atom is -0.744 e. The van der Waals surface area contributed by atoms with Crippen molar-refractivity contribution in [3.05, 3.63) is 18.2 Å². The quantitative estimate of drug-likeness (QED) is 0.289. The molecular weight excluding hydrogens is 304 g/mol. The number of hydrogen-bond acceptors (Lipinski definition) is 8. The van der Waals surface area contributed by atoms with E-state index in [4.69, 9.17) is 5.11 Å². The molecule has 0 aromatic heterocycles. The van der Waals surface area contributed by atoms with E-state index in [2.05, 4.69) is 4.33 Å². The Morgan fingerprint density at radius 1 is 1.12 bits per heavy atom. The number of aromatic hydroxyl groups is 1. The average molecular weight is 308 g/mol. The Labute approximate surface area is 127 Å². The molecule has 1 N–H and O–H groups in total. The van der Waals surface area contributed by atoms with Crippen LogP contribution in [0, 0.1) is 0 Å². The van der Waals surface area contributed by atoms with Gasteiger partial charge in [-0.3, -0.25) is 0 Å². The van der Waals surface area contributed by atoms with Crippen molar-refractivity contribution in [3.63, 3.8) is 0 Å². The van der Waals surface area contributed by atoms with Crippen molar-refractivity contribution in [1.82, 2.24) is 0 Å². The molecule has 11 heteroatoms. The Morgan fingerprint density at radius 2 is 1.65 bits per heavy atom. The van der Waals surface area contributed by atoms with Crippen molar-refractivity contribution in [2.45, 2.75) is 9.79 Å². The van der Waals surface area contributed by atoms with E-state index >= 15 is 0 Å². The van der Waals surface area contributed by atoms with Gasteiger partial charge in [0.1, 0.15) is 20.8 Å². The van der Waals surface area contributed by atoms with Crippen LogP contribution in [-0.2, 0) is 24.6 Å². The first-order chi connectivity index (χ1) is 7.18. The van der Waals surface area contributed by atoms with Crippen molar-refractivity contribution in [2.75, 3.05) is 0 Å². The summed E-state index contributed by atoms with van der Waals surface area (Å²) in [6.07, 6.45) is 0. The Bertz CT molecular complexity index is 605. The molecule has 0 atom stereocenters. The third-order valence-electron chi connectivity index (χ3n) is 1.56. The molecule has 8 nitrogen and oxygen atoms in total. The van der Waals surface area contributed by atoms with E-state index < -0.39 is 35.8 Å². The predicted octanol–water partition coefficient (Wildman–Crippen LogP) is -2.10. The first-order valence-corrected chi connectivity index (χ1v) is 6.35. The Hall–Kier alpha value is 0.0597. The Balaban J connectivity index is 0.00000256. The van der Waals surface area contributed by atoms with E-state index in [0.29, 0.717) is 12.1 Å². The molecule has 0 bridgehead atoms. The maximum atomic E-state index is 11.0. The molecule has 0 aliphatic carbocycles. The summed E-state index contributed by atoms with van der Waals surface area (Å²) < 4.78 is 56.8. The van der Waals surface area contributed by atoms with Crippen LogP contribution < -0.4 is 5.26 Å². The second-order valence-electron chi connectivity index (χ2n) is 2.61. The summed E-state index contributed by atoms with van der Waals surface area (Å²) in [7, 11) is -10.0.